The summed E-state index contributed by atoms with van der Waals surface area (Å²) >= 11 is 0. The van der Waals surface area contributed by atoms with Gasteiger partial charge >= 0.3 is 6.09 Å². The number of benzene rings is 2. The molecule has 0 bridgehead atoms. The van der Waals surface area contributed by atoms with Gasteiger partial charge in [0.2, 0.25) is 0 Å². The normalized spacial score (nSPS) is 13.4. The van der Waals surface area contributed by atoms with Gasteiger partial charge in [0.15, 0.2) is 0 Å². The van der Waals surface area contributed by atoms with E-state index >= 15 is 0 Å². The number of carbonyl (C=O) groups excluding carboxylic acids is 2. The third-order valence-corrected chi connectivity index (χ3v) is 5.44. The molecule has 1 aliphatic rings. The van der Waals surface area contributed by atoms with Crippen molar-refractivity contribution in [1.82, 2.24) is 9.88 Å². The van der Waals surface area contributed by atoms with E-state index in [0.29, 0.717) is 29.8 Å². The van der Waals surface area contributed by atoms with E-state index in [1.54, 1.807) is 20.8 Å². The van der Waals surface area contributed by atoms with Crippen LogP contribution in [0, 0.1) is 0 Å². The summed E-state index contributed by atoms with van der Waals surface area (Å²) < 4.78 is 5.45. The Morgan fingerprint density at radius 3 is 2.47 bits per heavy atom. The number of pyridine rings is 1. The van der Waals surface area contributed by atoms with Crippen molar-refractivity contribution in [2.75, 3.05) is 18.5 Å². The monoisotopic (exact) mass is 459 g/mol. The Kier molecular flexibility index (Phi) is 6.65. The third-order valence-electron chi connectivity index (χ3n) is 5.44. The maximum atomic E-state index is 13.5. The highest BCUT2D eigenvalue weighted by atomic mass is 16.6. The van der Waals surface area contributed by atoms with E-state index in [4.69, 9.17) is 14.8 Å². The van der Waals surface area contributed by atoms with Crippen molar-refractivity contribution < 1.29 is 19.4 Å². The Balaban J connectivity index is 1.74. The fourth-order valence-corrected chi connectivity index (χ4v) is 3.86. The van der Waals surface area contributed by atoms with Crippen LogP contribution in [0.5, 0.6) is 0 Å². The van der Waals surface area contributed by atoms with E-state index in [0.717, 1.165) is 27.4 Å². The van der Waals surface area contributed by atoms with E-state index in [9.17, 15) is 9.59 Å². The van der Waals surface area contributed by atoms with Gasteiger partial charge in [0.05, 0.1) is 22.6 Å². The number of carbonyl (C=O) groups is 2. The van der Waals surface area contributed by atoms with Crippen LogP contribution in [0.15, 0.2) is 60.7 Å². The molecule has 2 N–H and O–H groups in total. The lowest BCUT2D eigenvalue weighted by Crippen LogP contribution is -2.45. The Morgan fingerprint density at radius 1 is 1.12 bits per heavy atom. The molecule has 0 aliphatic carbocycles. The average molecular weight is 460 g/mol. The van der Waals surface area contributed by atoms with E-state index in [-0.39, 0.29) is 13.2 Å². The minimum Gasteiger partial charge on any atom is -0.443 e. The number of hydrogen-bond acceptors (Lipinski definition) is 6. The molecule has 0 saturated carbocycles. The van der Waals surface area contributed by atoms with Gasteiger partial charge in [-0.3, -0.25) is 9.78 Å². The van der Waals surface area contributed by atoms with Gasteiger partial charge in [-0.1, -0.05) is 42.5 Å². The van der Waals surface area contributed by atoms with Crippen LogP contribution in [0.4, 0.5) is 16.2 Å². The van der Waals surface area contributed by atoms with Crippen LogP contribution >= 0.6 is 0 Å². The number of nitrogens with one attached hydrogen (secondary N) is 1. The molecule has 0 spiro atoms. The molecule has 4 rings (SSSR count). The van der Waals surface area contributed by atoms with Gasteiger partial charge in [-0.25, -0.2) is 9.69 Å². The number of aliphatic hydroxyl groups excluding tert-OH is 1. The zero-order valence-corrected chi connectivity index (χ0v) is 19.7. The largest absolute Gasteiger partial charge is 0.443 e. The van der Waals surface area contributed by atoms with E-state index in [2.05, 4.69) is 5.32 Å². The summed E-state index contributed by atoms with van der Waals surface area (Å²) in [6.07, 6.45) is 0.354. The van der Waals surface area contributed by atoms with Gasteiger partial charge < -0.3 is 15.2 Å². The fourth-order valence-electron chi connectivity index (χ4n) is 3.86. The molecule has 34 heavy (non-hydrogen) atoms. The summed E-state index contributed by atoms with van der Waals surface area (Å²) in [5.41, 5.74) is 4.38. The first-order valence-corrected chi connectivity index (χ1v) is 11.4. The second-order valence-electron chi connectivity index (χ2n) is 9.23. The van der Waals surface area contributed by atoms with E-state index < -0.39 is 17.6 Å². The third kappa shape index (κ3) is 5.26. The fraction of sp³-hybridized carbons (Fsp3) is 0.296. The lowest BCUT2D eigenvalue weighted by atomic mass is 10.00. The first-order valence-electron chi connectivity index (χ1n) is 11.4. The summed E-state index contributed by atoms with van der Waals surface area (Å²) in [5.74, 6) is -0.429. The molecule has 0 fully saturated rings. The van der Waals surface area contributed by atoms with Crippen LogP contribution in [0.1, 0.15) is 42.4 Å². The average Bonchev–Trinajstić information content (AvgIpc) is 2.80. The Labute approximate surface area is 199 Å². The smallest absolute Gasteiger partial charge is 0.417 e. The molecule has 0 unspecified atom stereocenters. The molecule has 2 aromatic carbocycles. The minimum atomic E-state index is -0.704. The van der Waals surface area contributed by atoms with Crippen molar-refractivity contribution in [3.63, 3.8) is 0 Å². The van der Waals surface area contributed by atoms with Crippen molar-refractivity contribution in [3.8, 4) is 11.3 Å². The van der Waals surface area contributed by atoms with Crippen LogP contribution in [-0.4, -0.2) is 45.7 Å². The standard InChI is InChI=1S/C27H29N3O4/c1-27(2,3)34-26(33)30-15-13-21-24(25(30)32)23(17-22(29-21)19-7-5-4-6-8-19)28-20-11-9-18(10-12-20)14-16-31/h4-12,17,31H,13-16H2,1-3H3,(H,28,29). The summed E-state index contributed by atoms with van der Waals surface area (Å²) in [6.45, 7) is 5.61. The van der Waals surface area contributed by atoms with Crippen molar-refractivity contribution in [3.05, 3.63) is 77.5 Å². The van der Waals surface area contributed by atoms with Crippen molar-refractivity contribution in [1.29, 1.82) is 0 Å². The van der Waals surface area contributed by atoms with Gasteiger partial charge in [-0.05, 0) is 51.0 Å². The van der Waals surface area contributed by atoms with Crippen LogP contribution in [0.3, 0.4) is 0 Å². The molecule has 2 heterocycles. The van der Waals surface area contributed by atoms with Crippen molar-refractivity contribution in [2.24, 2.45) is 0 Å². The Bertz CT molecular complexity index is 1180. The van der Waals surface area contributed by atoms with Gasteiger partial charge in [0, 0.05) is 30.8 Å². The quantitative estimate of drug-likeness (QED) is 0.560. The molecular formula is C27H29N3O4. The first-order chi connectivity index (χ1) is 16.2. The number of imide groups is 1. The maximum absolute atomic E-state index is 13.5. The number of aliphatic hydroxyl groups is 1. The highest BCUT2D eigenvalue weighted by Gasteiger charge is 2.35. The highest BCUT2D eigenvalue weighted by Crippen LogP contribution is 2.32. The molecule has 0 saturated heterocycles. The zero-order valence-electron chi connectivity index (χ0n) is 19.7. The lowest BCUT2D eigenvalue weighted by Gasteiger charge is -2.30. The molecule has 176 valence electrons. The predicted molar refractivity (Wildman–Crippen MR) is 131 cm³/mol. The number of amides is 2. The molecule has 1 aromatic heterocycles. The van der Waals surface area contributed by atoms with Gasteiger partial charge in [0.25, 0.3) is 5.91 Å². The Morgan fingerprint density at radius 2 is 1.82 bits per heavy atom. The summed E-state index contributed by atoms with van der Waals surface area (Å²) in [6, 6.07) is 19.3. The van der Waals surface area contributed by atoms with Gasteiger partial charge in [-0.15, -0.1) is 0 Å². The molecule has 2 amide bonds. The minimum absolute atomic E-state index is 0.0834. The molecule has 0 radical (unpaired) electrons. The molecular weight excluding hydrogens is 430 g/mol. The van der Waals surface area contributed by atoms with Crippen LogP contribution in [-0.2, 0) is 17.6 Å². The maximum Gasteiger partial charge on any atom is 0.417 e. The second kappa shape index (κ2) is 9.65. The molecule has 1 aliphatic heterocycles. The molecule has 3 aromatic rings. The van der Waals surface area contributed by atoms with E-state index in [1.165, 1.54) is 0 Å². The Hall–Kier alpha value is -3.71. The number of ether oxygens (including phenoxy) is 1. The van der Waals surface area contributed by atoms with Crippen LogP contribution in [0.25, 0.3) is 11.3 Å². The highest BCUT2D eigenvalue weighted by molar-refractivity contribution is 6.09. The van der Waals surface area contributed by atoms with Crippen molar-refractivity contribution in [2.45, 2.75) is 39.2 Å². The van der Waals surface area contributed by atoms with Crippen LogP contribution in [0.2, 0.25) is 0 Å². The first kappa shape index (κ1) is 23.4. The van der Waals surface area contributed by atoms with Crippen molar-refractivity contribution >= 4 is 23.4 Å². The SMILES string of the molecule is CC(C)(C)OC(=O)N1CCc2nc(-c3ccccc3)cc(Nc3ccc(CCO)cc3)c2C1=O. The topological polar surface area (TPSA) is 91.8 Å². The second-order valence-corrected chi connectivity index (χ2v) is 9.23. The molecule has 0 atom stereocenters. The lowest BCUT2D eigenvalue weighted by molar-refractivity contribution is 0.0233. The molecule has 7 heteroatoms. The van der Waals surface area contributed by atoms with E-state index in [1.807, 2.05) is 60.7 Å². The summed E-state index contributed by atoms with van der Waals surface area (Å²) in [7, 11) is 0. The number of fused-ring (bicyclic) bond motifs is 1. The van der Waals surface area contributed by atoms with Gasteiger partial charge in [-0.2, -0.15) is 0 Å². The molecule has 7 nitrogen and oxygen atoms in total. The zero-order chi connectivity index (χ0) is 24.3. The number of rotatable bonds is 5. The number of hydrogen-bond donors (Lipinski definition) is 2. The summed E-state index contributed by atoms with van der Waals surface area (Å²) in [4.78, 5) is 32.1. The van der Waals surface area contributed by atoms with Crippen LogP contribution < -0.4 is 5.32 Å². The van der Waals surface area contributed by atoms with Gasteiger partial charge in [0.1, 0.15) is 5.60 Å². The number of nitrogens with zero attached hydrogens (tertiary/aromatic N) is 2. The number of anilines is 2. The number of aromatic nitrogens is 1. The summed E-state index contributed by atoms with van der Waals surface area (Å²) in [5, 5.41) is 12.5. The predicted octanol–water partition coefficient (Wildman–Crippen LogP) is 4.96.